The Morgan fingerprint density at radius 1 is 0.258 bits per heavy atom. The molecule has 6 heteroatoms. The molecule has 13 aromatic rings. The Morgan fingerprint density at radius 3 is 1.16 bits per heavy atom. The van der Waals surface area contributed by atoms with Crippen LogP contribution in [0.3, 0.4) is 0 Å². The van der Waals surface area contributed by atoms with E-state index in [4.69, 9.17) is 0 Å². The summed E-state index contributed by atoms with van der Waals surface area (Å²) in [6.07, 6.45) is 0. The summed E-state index contributed by atoms with van der Waals surface area (Å²) in [5.41, 5.74) is 7.50. The molecular formula is C56H30N2S2Se2. The van der Waals surface area contributed by atoms with Gasteiger partial charge in [0.25, 0.3) is 0 Å². The molecule has 0 saturated heterocycles. The molecule has 4 heterocycles. The Balaban J connectivity index is 0.969. The fourth-order valence-electron chi connectivity index (χ4n) is 10.5. The van der Waals surface area contributed by atoms with E-state index in [-0.39, 0.29) is 29.0 Å². The first-order valence-corrected chi connectivity index (χ1v) is 26.0. The number of benzene rings is 11. The second kappa shape index (κ2) is 12.8. The summed E-state index contributed by atoms with van der Waals surface area (Å²) < 4.78 is 5.89. The van der Waals surface area contributed by atoms with Crippen molar-refractivity contribution in [3.63, 3.8) is 0 Å². The van der Waals surface area contributed by atoms with E-state index in [1.54, 1.807) is 0 Å². The molecule has 2 aliphatic rings. The molecule has 0 N–H and O–H groups in total. The first-order valence-electron chi connectivity index (χ1n) is 20.9. The van der Waals surface area contributed by atoms with E-state index in [1.165, 1.54) is 135 Å². The average Bonchev–Trinajstić information content (AvgIpc) is 3.87. The molecule has 0 spiro atoms. The van der Waals surface area contributed by atoms with Crippen LogP contribution in [0.2, 0.25) is 0 Å². The minimum atomic E-state index is 0.277. The van der Waals surface area contributed by atoms with E-state index >= 15 is 0 Å². The molecule has 288 valence electrons. The second-order valence-electron chi connectivity index (χ2n) is 16.4. The van der Waals surface area contributed by atoms with Gasteiger partial charge < -0.3 is 0 Å². The van der Waals surface area contributed by atoms with Crippen molar-refractivity contribution in [3.05, 3.63) is 182 Å². The van der Waals surface area contributed by atoms with Gasteiger partial charge in [-0.05, 0) is 0 Å². The number of hydrogen-bond acceptors (Lipinski definition) is 4. The van der Waals surface area contributed by atoms with Gasteiger partial charge in [-0.1, -0.05) is 0 Å². The van der Waals surface area contributed by atoms with Gasteiger partial charge in [-0.15, -0.1) is 0 Å². The third-order valence-electron chi connectivity index (χ3n) is 13.1. The van der Waals surface area contributed by atoms with Crippen molar-refractivity contribution < 1.29 is 0 Å². The number of nitrogens with zero attached hydrogens (tertiary/aromatic N) is 2. The molecule has 11 aromatic carbocycles. The molecule has 2 aromatic heterocycles. The number of rotatable bonds is 2. The summed E-state index contributed by atoms with van der Waals surface area (Å²) in [6, 6.07) is 69.4. The molecule has 2 nitrogen and oxygen atoms in total. The number of hydrogen-bond donors (Lipinski definition) is 0. The predicted molar refractivity (Wildman–Crippen MR) is 269 cm³/mol. The number of anilines is 6. The Morgan fingerprint density at radius 2 is 0.661 bits per heavy atom. The summed E-state index contributed by atoms with van der Waals surface area (Å²) in [4.78, 5) is 10.3. The van der Waals surface area contributed by atoms with Crippen molar-refractivity contribution in [2.75, 3.05) is 9.80 Å². The van der Waals surface area contributed by atoms with Crippen LogP contribution in [0.1, 0.15) is 0 Å². The van der Waals surface area contributed by atoms with E-state index < -0.39 is 0 Å². The quantitative estimate of drug-likeness (QED) is 0.0967. The standard InChI is InChI=1S/C56H30N2S2Se2/c1-7-21-51-31(11-1)39-27-49-45(29-53(39)61-51)57(43-17-3-5-19-47(43)59-49)41-25-23-35-34-14-10-16-38-42(26-24-36(56(34)38)33-13-9-15-37(41)55(33)35)58-44-18-4-6-20-48(44)60-50-28-40-32-12-2-8-22-52(32)62-54(40)30-46(50)58/h1-30H. The van der Waals surface area contributed by atoms with Gasteiger partial charge in [0.15, 0.2) is 0 Å². The summed E-state index contributed by atoms with van der Waals surface area (Å²) in [7, 11) is 0. The van der Waals surface area contributed by atoms with Gasteiger partial charge in [0, 0.05) is 0 Å². The van der Waals surface area contributed by atoms with Crippen molar-refractivity contribution >= 4 is 168 Å². The number of fused-ring (bicyclic) bond motifs is 12. The maximum atomic E-state index is 2.56. The van der Waals surface area contributed by atoms with E-state index in [0.717, 1.165) is 0 Å². The molecule has 0 radical (unpaired) electrons. The van der Waals surface area contributed by atoms with Crippen molar-refractivity contribution in [1.82, 2.24) is 0 Å². The summed E-state index contributed by atoms with van der Waals surface area (Å²) >= 11 is 4.36. The predicted octanol–water partition coefficient (Wildman–Crippen LogP) is 16.3. The molecule has 2 aliphatic heterocycles. The van der Waals surface area contributed by atoms with E-state index in [0.29, 0.717) is 0 Å². The summed E-state index contributed by atoms with van der Waals surface area (Å²) in [5, 5.41) is 16.0. The fraction of sp³-hybridized carbons (Fsp3) is 0. The molecule has 15 rings (SSSR count). The van der Waals surface area contributed by atoms with Crippen LogP contribution in [0, 0.1) is 0 Å². The molecule has 0 unspecified atom stereocenters. The molecule has 0 fully saturated rings. The molecule has 0 amide bonds. The van der Waals surface area contributed by atoms with Crippen LogP contribution in [0.4, 0.5) is 34.1 Å². The minimum absolute atomic E-state index is 0.277. The molecule has 0 bridgehead atoms. The first-order chi connectivity index (χ1) is 30.7. The van der Waals surface area contributed by atoms with Crippen molar-refractivity contribution in [2.24, 2.45) is 0 Å². The van der Waals surface area contributed by atoms with E-state index in [1.807, 2.05) is 23.5 Å². The first kappa shape index (κ1) is 34.6. The van der Waals surface area contributed by atoms with E-state index in [9.17, 15) is 0 Å². The van der Waals surface area contributed by atoms with Gasteiger partial charge in [0.05, 0.1) is 0 Å². The normalized spacial score (nSPS) is 13.6. The van der Waals surface area contributed by atoms with Gasteiger partial charge >= 0.3 is 380 Å². The third-order valence-corrected chi connectivity index (χ3v) is 20.1. The van der Waals surface area contributed by atoms with Crippen molar-refractivity contribution in [3.8, 4) is 0 Å². The van der Waals surface area contributed by atoms with Gasteiger partial charge in [0.1, 0.15) is 0 Å². The van der Waals surface area contributed by atoms with Gasteiger partial charge in [0.2, 0.25) is 0 Å². The van der Waals surface area contributed by atoms with Crippen LogP contribution in [-0.2, 0) is 0 Å². The Hall–Kier alpha value is -5.94. The second-order valence-corrected chi connectivity index (χ2v) is 23.1. The number of para-hydroxylation sites is 2. The molecular weight excluding hydrogens is 923 g/mol. The molecule has 0 aliphatic carbocycles. The summed E-state index contributed by atoms with van der Waals surface area (Å²) in [6.45, 7) is 0. The topological polar surface area (TPSA) is 6.48 Å². The Labute approximate surface area is 376 Å². The summed E-state index contributed by atoms with van der Waals surface area (Å²) in [5.74, 6) is 0. The van der Waals surface area contributed by atoms with Gasteiger partial charge in [-0.2, -0.15) is 0 Å². The Kier molecular flexibility index (Phi) is 7.16. The van der Waals surface area contributed by atoms with Crippen LogP contribution in [0.15, 0.2) is 202 Å². The van der Waals surface area contributed by atoms with Crippen LogP contribution in [-0.4, -0.2) is 29.0 Å². The zero-order chi connectivity index (χ0) is 40.2. The van der Waals surface area contributed by atoms with Crippen LogP contribution in [0.25, 0.3) is 81.7 Å². The SMILES string of the molecule is c1ccc2c(c1)Sc1cc3c(cc1N2c1ccc2c4cccc5c(N6c7ccccc7Sc7cc8c(cc76)[se]c6ccccc68)ccc(c6cccc1c62)c54)[se]c1ccccc13. The zero-order valence-corrected chi connectivity index (χ0v) is 37.9. The van der Waals surface area contributed by atoms with Crippen LogP contribution in [0.5, 0.6) is 0 Å². The Bertz CT molecular complexity index is 3800. The monoisotopic (exact) mass is 954 g/mol. The average molecular weight is 953 g/mol. The maximum absolute atomic E-state index is 2.56. The molecule has 0 atom stereocenters. The van der Waals surface area contributed by atoms with E-state index in [2.05, 4.69) is 192 Å². The van der Waals surface area contributed by atoms with Gasteiger partial charge in [-0.3, -0.25) is 0 Å². The fourth-order valence-corrected chi connectivity index (χ4v) is 17.4. The zero-order valence-electron chi connectivity index (χ0n) is 32.8. The molecule has 0 saturated carbocycles. The third kappa shape index (κ3) is 4.69. The molecule has 62 heavy (non-hydrogen) atoms. The van der Waals surface area contributed by atoms with Crippen molar-refractivity contribution in [1.29, 1.82) is 0 Å². The van der Waals surface area contributed by atoms with Crippen LogP contribution >= 0.6 is 23.5 Å². The van der Waals surface area contributed by atoms with Gasteiger partial charge in [-0.25, -0.2) is 0 Å². The van der Waals surface area contributed by atoms with Crippen LogP contribution < -0.4 is 9.80 Å². The van der Waals surface area contributed by atoms with Crippen molar-refractivity contribution in [2.45, 2.75) is 19.6 Å².